The van der Waals surface area contributed by atoms with Gasteiger partial charge in [0.25, 0.3) is 21.6 Å². The molecule has 64 heavy (non-hydrogen) atoms. The van der Waals surface area contributed by atoms with Gasteiger partial charge in [0.15, 0.2) is 0 Å². The summed E-state index contributed by atoms with van der Waals surface area (Å²) < 4.78 is 42.4. The Hall–Kier alpha value is -5.48. The summed E-state index contributed by atoms with van der Waals surface area (Å²) in [6.07, 6.45) is 9.41. The number of pyridine rings is 1. The topological polar surface area (TPSA) is 180 Å². The molecular formula is C48H53ClN6O8S. The maximum Gasteiger partial charge on any atom is 0.277 e. The van der Waals surface area contributed by atoms with Crippen LogP contribution in [0, 0.1) is 27.4 Å². The number of benzene rings is 3. The third-order valence-corrected chi connectivity index (χ3v) is 15.1. The lowest BCUT2D eigenvalue weighted by Crippen LogP contribution is -2.47. The van der Waals surface area contributed by atoms with Gasteiger partial charge in [-0.25, -0.2) is 18.1 Å². The van der Waals surface area contributed by atoms with E-state index in [9.17, 15) is 28.4 Å². The molecular weight excluding hydrogens is 856 g/mol. The number of nitro groups is 1. The summed E-state index contributed by atoms with van der Waals surface area (Å²) in [6, 6.07) is 19.1. The number of hydrogen-bond acceptors (Lipinski definition) is 11. The van der Waals surface area contributed by atoms with Crippen molar-refractivity contribution in [3.05, 3.63) is 117 Å². The highest BCUT2D eigenvalue weighted by molar-refractivity contribution is 7.90. The molecule has 0 unspecified atom stereocenters. The van der Waals surface area contributed by atoms with Crippen molar-refractivity contribution in [2.45, 2.75) is 76.2 Å². The predicted octanol–water partition coefficient (Wildman–Crippen LogP) is 8.92. The van der Waals surface area contributed by atoms with Gasteiger partial charge in [0.1, 0.15) is 22.9 Å². The van der Waals surface area contributed by atoms with E-state index in [2.05, 4.69) is 50.5 Å². The van der Waals surface area contributed by atoms with E-state index in [1.807, 2.05) is 18.2 Å². The Morgan fingerprint density at radius 1 is 1.03 bits per heavy atom. The van der Waals surface area contributed by atoms with Crippen molar-refractivity contribution < 1.29 is 32.7 Å². The molecule has 2 aliphatic carbocycles. The van der Waals surface area contributed by atoms with Crippen molar-refractivity contribution in [3.63, 3.8) is 0 Å². The highest BCUT2D eigenvalue weighted by Crippen LogP contribution is 2.44. The number of hydrogen-bond donors (Lipinski definition) is 3. The first-order valence-electron chi connectivity index (χ1n) is 22.1. The van der Waals surface area contributed by atoms with Gasteiger partial charge in [0.2, 0.25) is 0 Å². The fraction of sp³-hybridized carbons (Fsp3) is 0.417. The van der Waals surface area contributed by atoms with Crippen molar-refractivity contribution in [3.8, 4) is 17.2 Å². The van der Waals surface area contributed by atoms with E-state index in [0.717, 1.165) is 87.0 Å². The van der Waals surface area contributed by atoms with Gasteiger partial charge in [-0.05, 0) is 110 Å². The minimum absolute atomic E-state index is 0.000263. The van der Waals surface area contributed by atoms with Crippen molar-refractivity contribution in [1.82, 2.24) is 19.6 Å². The summed E-state index contributed by atoms with van der Waals surface area (Å²) >= 11 is 6.25. The van der Waals surface area contributed by atoms with Gasteiger partial charge in [0, 0.05) is 79.1 Å². The van der Waals surface area contributed by atoms with Crippen LogP contribution in [0.3, 0.4) is 0 Å². The molecule has 2 fully saturated rings. The molecule has 0 bridgehead atoms. The second kappa shape index (κ2) is 17.8. The second-order valence-corrected chi connectivity index (χ2v) is 20.6. The minimum Gasteiger partial charge on any atom is -0.493 e. The normalized spacial score (nSPS) is 21.6. The van der Waals surface area contributed by atoms with Crippen LogP contribution in [-0.2, 0) is 16.4 Å². The number of allylic oxidation sites excluding steroid dienone is 1. The van der Waals surface area contributed by atoms with Crippen LogP contribution in [0.2, 0.25) is 5.02 Å². The maximum atomic E-state index is 14.1. The highest BCUT2D eigenvalue weighted by atomic mass is 35.5. The molecule has 1 saturated heterocycles. The lowest BCUT2D eigenvalue weighted by molar-refractivity contribution is -0.386. The molecule has 14 nitrogen and oxygen atoms in total. The van der Waals surface area contributed by atoms with Gasteiger partial charge >= 0.3 is 0 Å². The molecule has 2 aromatic heterocycles. The molecule has 4 heterocycles. The number of nitrogens with zero attached hydrogens (tertiary/aromatic N) is 4. The Morgan fingerprint density at radius 3 is 2.55 bits per heavy atom. The molecule has 0 spiro atoms. The number of carbonyl (C=O) groups is 1. The third kappa shape index (κ3) is 9.49. The predicted molar refractivity (Wildman–Crippen MR) is 246 cm³/mol. The maximum absolute atomic E-state index is 14.1. The molecule has 3 aromatic carbocycles. The van der Waals surface area contributed by atoms with Gasteiger partial charge < -0.3 is 24.5 Å². The van der Waals surface area contributed by atoms with E-state index >= 15 is 0 Å². The zero-order chi connectivity index (χ0) is 44.8. The number of aromatic nitrogens is 2. The van der Waals surface area contributed by atoms with E-state index in [1.54, 1.807) is 30.5 Å². The number of piperazine rings is 1. The van der Waals surface area contributed by atoms with Crippen LogP contribution in [0.15, 0.2) is 89.6 Å². The number of halogens is 1. The number of sulfonamides is 1. The van der Waals surface area contributed by atoms with Crippen LogP contribution in [0.25, 0.3) is 16.6 Å². The average Bonchev–Trinajstić information content (AvgIpc) is 3.75. The third-order valence-electron chi connectivity index (χ3n) is 13.6. The first kappa shape index (κ1) is 43.8. The van der Waals surface area contributed by atoms with E-state index in [-0.39, 0.29) is 52.7 Å². The Bertz CT molecular complexity index is 2720. The molecule has 336 valence electrons. The number of amides is 1. The Labute approximate surface area is 377 Å². The molecule has 1 amide bonds. The fourth-order valence-electron chi connectivity index (χ4n) is 9.87. The van der Waals surface area contributed by atoms with Gasteiger partial charge in [0.05, 0.1) is 39.9 Å². The molecule has 3 N–H and O–H groups in total. The number of H-pyrrole nitrogens is 1. The van der Waals surface area contributed by atoms with Crippen LogP contribution < -0.4 is 19.1 Å². The van der Waals surface area contributed by atoms with Crippen LogP contribution >= 0.6 is 11.6 Å². The van der Waals surface area contributed by atoms with Crippen LogP contribution in [0.1, 0.15) is 80.3 Å². The molecule has 2 aliphatic heterocycles. The highest BCUT2D eigenvalue weighted by Gasteiger charge is 2.36. The van der Waals surface area contributed by atoms with Crippen molar-refractivity contribution >= 4 is 55.5 Å². The zero-order valence-corrected chi connectivity index (χ0v) is 37.6. The van der Waals surface area contributed by atoms with Crippen LogP contribution in [-0.4, -0.2) is 84.7 Å². The number of nitro benzene ring substituents is 1. The number of rotatable bonds is 11. The monoisotopic (exact) mass is 908 g/mol. The number of aromatic amines is 1. The number of nitrogens with one attached hydrogen (secondary N) is 2. The number of aliphatic hydroxyl groups excluding tert-OH is 1. The van der Waals surface area contributed by atoms with Crippen LogP contribution in [0.4, 0.5) is 11.4 Å². The zero-order valence-electron chi connectivity index (χ0n) is 36.0. The first-order valence-corrected chi connectivity index (χ1v) is 23.9. The Balaban J connectivity index is 0.943. The Morgan fingerprint density at radius 2 is 1.80 bits per heavy atom. The number of aliphatic hydroxyl groups is 1. The second-order valence-electron chi connectivity index (χ2n) is 18.5. The van der Waals surface area contributed by atoms with Crippen LogP contribution in [0.5, 0.6) is 17.2 Å². The molecule has 5 aromatic rings. The quantitative estimate of drug-likeness (QED) is 0.0851. The van der Waals surface area contributed by atoms with E-state index in [1.165, 1.54) is 29.0 Å². The summed E-state index contributed by atoms with van der Waals surface area (Å²) in [5.41, 5.74) is 5.67. The standard InChI is InChI=1S/C48H53ClN6O8S/c1-48(2)15-13-33(42(26-48)31-3-7-35(49)8-4-31)28-53-17-19-54(20-18-53)36-9-12-40(45(23-36)63-38-21-32-14-16-50-46(32)51-27-38)47(57)52-64(60,61)39-24-43(55(58)59)41-22-34(29-62-44(41)25-39)30-5-10-37(56)11-6-30/h3-4,7-9,12,14,16,21,23-25,27,30,34,37,56H,5-6,10-11,13,15,17-20,22,26,28-29H2,1-2H3,(H,50,51)(H,52,57)/t30?,34-,37?/m1/s1. The van der Waals surface area contributed by atoms with Crippen molar-refractivity contribution in [1.29, 1.82) is 0 Å². The number of anilines is 1. The summed E-state index contributed by atoms with van der Waals surface area (Å²) in [5, 5.41) is 23.9. The molecule has 9 rings (SSSR count). The average molecular weight is 910 g/mol. The molecule has 4 aliphatic rings. The molecule has 16 heteroatoms. The van der Waals surface area contributed by atoms with Gasteiger partial charge in [-0.2, -0.15) is 0 Å². The number of fused-ring (bicyclic) bond motifs is 2. The van der Waals surface area contributed by atoms with Gasteiger partial charge in [-0.1, -0.05) is 43.2 Å². The molecule has 0 radical (unpaired) electrons. The first-order chi connectivity index (χ1) is 30.7. The largest absolute Gasteiger partial charge is 0.493 e. The number of ether oxygens (including phenoxy) is 2. The van der Waals surface area contributed by atoms with E-state index in [0.29, 0.717) is 36.2 Å². The summed E-state index contributed by atoms with van der Waals surface area (Å²) in [6.45, 7) is 8.88. The summed E-state index contributed by atoms with van der Waals surface area (Å²) in [7, 11) is -4.64. The lowest BCUT2D eigenvalue weighted by atomic mass is 9.72. The Kier molecular flexibility index (Phi) is 12.2. The van der Waals surface area contributed by atoms with Gasteiger partial charge in [-0.3, -0.25) is 19.8 Å². The van der Waals surface area contributed by atoms with Crippen molar-refractivity contribution in [2.75, 3.05) is 44.2 Å². The lowest BCUT2D eigenvalue weighted by Gasteiger charge is -2.39. The molecule has 1 atom stereocenters. The number of carbonyl (C=O) groups excluding carboxylic acids is 1. The van der Waals surface area contributed by atoms with Crippen molar-refractivity contribution in [2.24, 2.45) is 17.3 Å². The van der Waals surface area contributed by atoms with E-state index in [4.69, 9.17) is 21.1 Å². The SMILES string of the molecule is CC1(C)CCC(CN2CCN(c3ccc(C(=O)NS(=O)(=O)c4cc5c(c([N+](=O)[O-])c4)C[C@@H](C4CCC(O)CC4)CO5)c(Oc4cnc5[nH]ccc5c4)c3)CC2)=C(c2ccc(Cl)cc2)C1. The molecule has 1 saturated carbocycles. The summed E-state index contributed by atoms with van der Waals surface area (Å²) in [4.78, 5) is 37.6. The van der Waals surface area contributed by atoms with Gasteiger partial charge in [-0.15, -0.1) is 0 Å². The smallest absolute Gasteiger partial charge is 0.277 e. The summed E-state index contributed by atoms with van der Waals surface area (Å²) in [5.74, 6) is -0.163. The fourth-order valence-corrected chi connectivity index (χ4v) is 11.0. The van der Waals surface area contributed by atoms with E-state index < -0.39 is 25.7 Å². The minimum atomic E-state index is -4.64.